The first-order chi connectivity index (χ1) is 15.7. The molecule has 4 aromatic rings. The molecule has 32 heavy (non-hydrogen) atoms. The lowest BCUT2D eigenvalue weighted by atomic mass is 9.91. The molecule has 1 fully saturated rings. The van der Waals surface area contributed by atoms with E-state index in [4.69, 9.17) is 9.40 Å². The predicted molar refractivity (Wildman–Crippen MR) is 122 cm³/mol. The average molecular weight is 425 g/mol. The number of aromatic nitrogens is 3. The molecule has 1 aromatic carbocycles. The van der Waals surface area contributed by atoms with Gasteiger partial charge in [-0.05, 0) is 61.7 Å². The molecule has 4 heterocycles. The number of hydrogen-bond acceptors (Lipinski definition) is 5. The van der Waals surface area contributed by atoms with Crippen LogP contribution in [0, 0.1) is 6.92 Å². The third kappa shape index (κ3) is 4.04. The molecular weight excluding hydrogens is 400 g/mol. The molecule has 1 amide bonds. The van der Waals surface area contributed by atoms with Crippen LogP contribution in [0.15, 0.2) is 77.8 Å². The maximum Gasteiger partial charge on any atom is 0.253 e. The highest BCUT2D eigenvalue weighted by molar-refractivity contribution is 5.94. The van der Waals surface area contributed by atoms with E-state index in [9.17, 15) is 4.79 Å². The second-order valence-electron chi connectivity index (χ2n) is 8.15. The Kier molecular flexibility index (Phi) is 5.50. The van der Waals surface area contributed by atoms with Gasteiger partial charge >= 0.3 is 0 Å². The molecule has 0 N–H and O–H groups in total. The van der Waals surface area contributed by atoms with Gasteiger partial charge in [0.05, 0.1) is 12.0 Å². The summed E-state index contributed by atoms with van der Waals surface area (Å²) in [5, 5.41) is 0. The number of rotatable bonds is 4. The van der Waals surface area contributed by atoms with Crippen molar-refractivity contribution in [2.45, 2.75) is 25.7 Å². The Morgan fingerprint density at radius 3 is 2.69 bits per heavy atom. The van der Waals surface area contributed by atoms with E-state index in [-0.39, 0.29) is 11.8 Å². The standard InChI is InChI=1S/C26H24N4O2/c1-18-15-28-25(21-5-2-12-27-16-21)29-24(18)22-6-3-13-30(17-22)26(31)20-10-8-19(9-11-20)23-7-4-14-32-23/h2,4-5,7-12,14-16,22H,3,6,13,17H2,1H3. The Hall–Kier alpha value is -3.80. The molecule has 0 bridgehead atoms. The van der Waals surface area contributed by atoms with Crippen molar-refractivity contribution in [1.29, 1.82) is 0 Å². The normalized spacial score (nSPS) is 16.2. The third-order valence-electron chi connectivity index (χ3n) is 5.96. The summed E-state index contributed by atoms with van der Waals surface area (Å²) in [7, 11) is 0. The lowest BCUT2D eigenvalue weighted by molar-refractivity contribution is 0.0705. The van der Waals surface area contributed by atoms with Crippen molar-refractivity contribution < 1.29 is 9.21 Å². The first-order valence-corrected chi connectivity index (χ1v) is 10.9. The van der Waals surface area contributed by atoms with Crippen LogP contribution in [0.3, 0.4) is 0 Å². The van der Waals surface area contributed by atoms with E-state index in [0.717, 1.165) is 47.5 Å². The summed E-state index contributed by atoms with van der Waals surface area (Å²) in [6.45, 7) is 3.45. The molecule has 1 aliphatic heterocycles. The van der Waals surface area contributed by atoms with Crippen molar-refractivity contribution in [3.8, 4) is 22.7 Å². The number of aryl methyl sites for hydroxylation is 1. The maximum atomic E-state index is 13.2. The van der Waals surface area contributed by atoms with Crippen LogP contribution in [0.4, 0.5) is 0 Å². The first-order valence-electron chi connectivity index (χ1n) is 10.9. The van der Waals surface area contributed by atoms with Gasteiger partial charge in [-0.3, -0.25) is 9.78 Å². The fraction of sp³-hybridized carbons (Fsp3) is 0.231. The summed E-state index contributed by atoms with van der Waals surface area (Å²) in [6, 6.07) is 15.2. The molecular formula is C26H24N4O2. The molecule has 160 valence electrons. The molecule has 0 spiro atoms. The van der Waals surface area contributed by atoms with Gasteiger partial charge in [0.1, 0.15) is 5.76 Å². The van der Waals surface area contributed by atoms with Crippen molar-refractivity contribution in [2.75, 3.05) is 13.1 Å². The highest BCUT2D eigenvalue weighted by atomic mass is 16.3. The number of carbonyl (C=O) groups excluding carboxylic acids is 1. The number of piperidine rings is 1. The molecule has 0 saturated carbocycles. The smallest absolute Gasteiger partial charge is 0.253 e. The van der Waals surface area contributed by atoms with Gasteiger partial charge in [-0.1, -0.05) is 12.1 Å². The van der Waals surface area contributed by atoms with Crippen molar-refractivity contribution >= 4 is 5.91 Å². The van der Waals surface area contributed by atoms with E-state index in [0.29, 0.717) is 17.9 Å². The largest absolute Gasteiger partial charge is 0.464 e. The average Bonchev–Trinajstić information content (AvgIpc) is 3.40. The van der Waals surface area contributed by atoms with E-state index in [1.54, 1.807) is 18.7 Å². The lowest BCUT2D eigenvalue weighted by Crippen LogP contribution is -2.39. The van der Waals surface area contributed by atoms with Crippen LogP contribution in [-0.4, -0.2) is 38.8 Å². The van der Waals surface area contributed by atoms with Gasteiger partial charge < -0.3 is 9.32 Å². The SMILES string of the molecule is Cc1cnc(-c2cccnc2)nc1C1CCCN(C(=O)c2ccc(-c3ccco3)cc2)C1. The Balaban J connectivity index is 1.35. The van der Waals surface area contributed by atoms with Gasteiger partial charge in [0, 0.05) is 54.3 Å². The first kappa shape index (κ1) is 20.1. The second-order valence-corrected chi connectivity index (χ2v) is 8.15. The minimum absolute atomic E-state index is 0.0555. The van der Waals surface area contributed by atoms with Crippen molar-refractivity contribution in [2.24, 2.45) is 0 Å². The number of carbonyl (C=O) groups is 1. The zero-order valence-electron chi connectivity index (χ0n) is 17.9. The summed E-state index contributed by atoms with van der Waals surface area (Å²) in [5.74, 6) is 1.72. The summed E-state index contributed by atoms with van der Waals surface area (Å²) < 4.78 is 5.44. The van der Waals surface area contributed by atoms with Crippen LogP contribution in [0.1, 0.15) is 40.4 Å². The monoisotopic (exact) mass is 424 g/mol. The molecule has 3 aromatic heterocycles. The molecule has 1 unspecified atom stereocenters. The number of hydrogen-bond donors (Lipinski definition) is 0. The predicted octanol–water partition coefficient (Wildman–Crippen LogP) is 5.13. The molecule has 0 aliphatic carbocycles. The Labute approximate surface area is 187 Å². The molecule has 6 heteroatoms. The summed E-state index contributed by atoms with van der Waals surface area (Å²) in [6.07, 6.45) is 9.00. The van der Waals surface area contributed by atoms with Gasteiger partial charge in [-0.25, -0.2) is 9.97 Å². The van der Waals surface area contributed by atoms with Crippen LogP contribution in [-0.2, 0) is 0 Å². The van der Waals surface area contributed by atoms with Gasteiger partial charge in [-0.15, -0.1) is 0 Å². The van der Waals surface area contributed by atoms with Crippen LogP contribution >= 0.6 is 0 Å². The van der Waals surface area contributed by atoms with E-state index in [1.165, 1.54) is 0 Å². The van der Waals surface area contributed by atoms with Gasteiger partial charge in [0.2, 0.25) is 0 Å². The molecule has 1 atom stereocenters. The highest BCUT2D eigenvalue weighted by Gasteiger charge is 2.28. The highest BCUT2D eigenvalue weighted by Crippen LogP contribution is 2.30. The molecule has 0 radical (unpaired) electrons. The minimum Gasteiger partial charge on any atom is -0.464 e. The summed E-state index contributed by atoms with van der Waals surface area (Å²) >= 11 is 0. The van der Waals surface area contributed by atoms with Gasteiger partial charge in [0.15, 0.2) is 5.82 Å². The number of furan rings is 1. The van der Waals surface area contributed by atoms with Gasteiger partial charge in [-0.2, -0.15) is 0 Å². The van der Waals surface area contributed by atoms with E-state index in [2.05, 4.69) is 9.97 Å². The quantitative estimate of drug-likeness (QED) is 0.454. The second kappa shape index (κ2) is 8.75. The lowest BCUT2D eigenvalue weighted by Gasteiger charge is -2.33. The Morgan fingerprint density at radius 2 is 1.94 bits per heavy atom. The van der Waals surface area contributed by atoms with Gasteiger partial charge in [0.25, 0.3) is 5.91 Å². The number of likely N-dealkylation sites (tertiary alicyclic amines) is 1. The van der Waals surface area contributed by atoms with E-state index >= 15 is 0 Å². The topological polar surface area (TPSA) is 72.1 Å². The third-order valence-corrected chi connectivity index (χ3v) is 5.96. The summed E-state index contributed by atoms with van der Waals surface area (Å²) in [4.78, 5) is 28.7. The van der Waals surface area contributed by atoms with Crippen molar-refractivity contribution in [3.63, 3.8) is 0 Å². The fourth-order valence-electron chi connectivity index (χ4n) is 4.29. The van der Waals surface area contributed by atoms with Crippen molar-refractivity contribution in [3.05, 3.63) is 90.2 Å². The van der Waals surface area contributed by atoms with Crippen LogP contribution in [0.2, 0.25) is 0 Å². The molecule has 1 aliphatic rings. The summed E-state index contributed by atoms with van der Waals surface area (Å²) in [5.41, 5.74) is 4.62. The Morgan fingerprint density at radius 1 is 1.06 bits per heavy atom. The number of benzene rings is 1. The zero-order valence-corrected chi connectivity index (χ0v) is 17.9. The van der Waals surface area contributed by atoms with Crippen molar-refractivity contribution in [1.82, 2.24) is 19.9 Å². The van der Waals surface area contributed by atoms with E-state index in [1.807, 2.05) is 66.6 Å². The maximum absolute atomic E-state index is 13.2. The zero-order chi connectivity index (χ0) is 21.9. The fourth-order valence-corrected chi connectivity index (χ4v) is 4.29. The minimum atomic E-state index is 0.0555. The number of nitrogens with zero attached hydrogens (tertiary/aromatic N) is 4. The van der Waals surface area contributed by atoms with Crippen LogP contribution in [0.5, 0.6) is 0 Å². The van der Waals surface area contributed by atoms with Crippen LogP contribution in [0.25, 0.3) is 22.7 Å². The van der Waals surface area contributed by atoms with Crippen LogP contribution < -0.4 is 0 Å². The Bertz CT molecular complexity index is 1200. The molecule has 6 nitrogen and oxygen atoms in total. The number of pyridine rings is 1. The van der Waals surface area contributed by atoms with E-state index < -0.39 is 0 Å². The molecule has 5 rings (SSSR count). The number of amides is 1. The molecule has 1 saturated heterocycles.